The molecule has 6 atom stereocenters. The van der Waals surface area contributed by atoms with Crippen molar-refractivity contribution in [2.24, 2.45) is 0 Å². The number of rotatable bonds is 19. The van der Waals surface area contributed by atoms with Gasteiger partial charge in [-0.15, -0.1) is 0 Å². The van der Waals surface area contributed by atoms with Gasteiger partial charge in [0.25, 0.3) is 0 Å². The maximum absolute atomic E-state index is 12.5. The Labute approximate surface area is 223 Å². The maximum Gasteiger partial charge on any atom is 0.472 e. The first-order valence-electron chi connectivity index (χ1n) is 13.3. The van der Waals surface area contributed by atoms with Crippen molar-refractivity contribution in [3.8, 4) is 0 Å². The maximum atomic E-state index is 12.5. The van der Waals surface area contributed by atoms with E-state index in [0.717, 1.165) is 44.9 Å². The van der Waals surface area contributed by atoms with Crippen molar-refractivity contribution in [1.29, 1.82) is 0 Å². The average molecular weight is 573 g/mol. The highest BCUT2D eigenvalue weighted by Gasteiger charge is 2.51. The lowest BCUT2D eigenvalue weighted by atomic mass is 9.85. The Morgan fingerprint density at radius 1 is 0.711 bits per heavy atom. The molecule has 1 saturated carbocycles. The molecule has 0 aromatic carbocycles. The van der Waals surface area contributed by atoms with Gasteiger partial charge in [-0.3, -0.25) is 18.6 Å². The predicted octanol–water partition coefficient (Wildman–Crippen LogP) is 1.09. The molecule has 38 heavy (non-hydrogen) atoms. The van der Waals surface area contributed by atoms with E-state index in [1.165, 1.54) is 0 Å². The summed E-state index contributed by atoms with van der Waals surface area (Å²) >= 11 is 0. The summed E-state index contributed by atoms with van der Waals surface area (Å²) in [5, 5.41) is 49.2. The minimum atomic E-state index is -5.07. The molecule has 14 heteroatoms. The smallest absolute Gasteiger partial charge is 0.462 e. The van der Waals surface area contributed by atoms with Crippen LogP contribution in [0.2, 0.25) is 0 Å². The molecule has 0 aromatic heterocycles. The second kappa shape index (κ2) is 18.2. The third-order valence-corrected chi connectivity index (χ3v) is 7.18. The van der Waals surface area contributed by atoms with Gasteiger partial charge in [-0.25, -0.2) is 4.57 Å². The summed E-state index contributed by atoms with van der Waals surface area (Å²) in [6.07, 6.45) is -4.85. The Bertz CT molecular complexity index is 720. The zero-order chi connectivity index (χ0) is 28.7. The molecule has 1 fully saturated rings. The Hall–Kier alpha value is -1.15. The van der Waals surface area contributed by atoms with E-state index in [1.807, 2.05) is 6.92 Å². The third-order valence-electron chi connectivity index (χ3n) is 6.20. The van der Waals surface area contributed by atoms with Crippen molar-refractivity contribution in [2.45, 2.75) is 127 Å². The van der Waals surface area contributed by atoms with Gasteiger partial charge >= 0.3 is 19.8 Å². The standard InChI is InChI=1S/C24H45O13P/c1-3-5-7-8-9-11-13-18(26)36-16(14-34-17(25)12-10-6-4-2)15-35-38(32,33)37-24-22(30)20(28)19(27)21(29)23(24)31/h16,19-24,27-31H,3-15H2,1-2H3,(H,32,33). The first kappa shape index (κ1) is 34.9. The fraction of sp³-hybridized carbons (Fsp3) is 0.917. The van der Waals surface area contributed by atoms with E-state index in [0.29, 0.717) is 12.8 Å². The van der Waals surface area contributed by atoms with Crippen molar-refractivity contribution in [3.63, 3.8) is 0 Å². The number of aliphatic hydroxyl groups excluding tert-OH is 5. The second-order valence-corrected chi connectivity index (χ2v) is 11.0. The summed E-state index contributed by atoms with van der Waals surface area (Å²) in [5.41, 5.74) is 0. The van der Waals surface area contributed by atoms with Crippen molar-refractivity contribution >= 4 is 19.8 Å². The summed E-state index contributed by atoms with van der Waals surface area (Å²) in [5.74, 6) is -1.14. The van der Waals surface area contributed by atoms with Crippen LogP contribution in [-0.2, 0) is 32.7 Å². The van der Waals surface area contributed by atoms with E-state index in [-0.39, 0.29) is 12.8 Å². The van der Waals surface area contributed by atoms with Gasteiger partial charge in [-0.05, 0) is 12.8 Å². The predicted molar refractivity (Wildman–Crippen MR) is 134 cm³/mol. The van der Waals surface area contributed by atoms with Crippen LogP contribution in [0.4, 0.5) is 0 Å². The molecule has 0 bridgehead atoms. The summed E-state index contributed by atoms with van der Waals surface area (Å²) in [7, 11) is -5.07. The molecule has 0 aromatic rings. The van der Waals surface area contributed by atoms with Crippen LogP contribution in [-0.4, -0.2) is 98.3 Å². The van der Waals surface area contributed by atoms with Crippen molar-refractivity contribution in [3.05, 3.63) is 0 Å². The molecule has 0 amide bonds. The van der Waals surface area contributed by atoms with Gasteiger partial charge in [0.05, 0.1) is 6.61 Å². The van der Waals surface area contributed by atoms with E-state index < -0.39 is 75.7 Å². The first-order valence-corrected chi connectivity index (χ1v) is 14.8. The van der Waals surface area contributed by atoms with Crippen LogP contribution in [0, 0.1) is 0 Å². The van der Waals surface area contributed by atoms with Gasteiger partial charge in [0, 0.05) is 12.8 Å². The largest absolute Gasteiger partial charge is 0.472 e. The second-order valence-electron chi connectivity index (χ2n) is 9.56. The third kappa shape index (κ3) is 12.8. The Kier molecular flexibility index (Phi) is 16.7. The van der Waals surface area contributed by atoms with E-state index in [1.54, 1.807) is 0 Å². The van der Waals surface area contributed by atoms with Crippen molar-refractivity contribution in [2.75, 3.05) is 13.2 Å². The number of hydrogen-bond acceptors (Lipinski definition) is 12. The number of aliphatic hydroxyl groups is 5. The molecule has 0 aliphatic heterocycles. The zero-order valence-corrected chi connectivity index (χ0v) is 23.1. The Balaban J connectivity index is 2.71. The highest BCUT2D eigenvalue weighted by Crippen LogP contribution is 2.47. The monoisotopic (exact) mass is 572 g/mol. The molecule has 13 nitrogen and oxygen atoms in total. The molecule has 0 spiro atoms. The Morgan fingerprint density at radius 3 is 1.79 bits per heavy atom. The van der Waals surface area contributed by atoms with Crippen LogP contribution in [0.25, 0.3) is 0 Å². The van der Waals surface area contributed by atoms with Crippen LogP contribution in [0.3, 0.4) is 0 Å². The number of ether oxygens (including phenoxy) is 2. The van der Waals surface area contributed by atoms with Gasteiger partial charge in [-0.2, -0.15) is 0 Å². The number of phosphoric acid groups is 1. The SMILES string of the molecule is CCCCCCCCC(=O)OC(COC(=O)CCCCC)COP(=O)(O)OC1C(O)C(O)C(O)C(O)C1O. The topological polar surface area (TPSA) is 210 Å². The number of carbonyl (C=O) groups is 2. The molecule has 224 valence electrons. The van der Waals surface area contributed by atoms with Crippen LogP contribution >= 0.6 is 7.82 Å². The number of hydrogen-bond donors (Lipinski definition) is 6. The number of carbonyl (C=O) groups excluding carboxylic acids is 2. The normalized spacial score (nSPS) is 27.9. The summed E-state index contributed by atoms with van der Waals surface area (Å²) < 4.78 is 32.5. The molecule has 0 saturated heterocycles. The van der Waals surface area contributed by atoms with Gasteiger partial charge in [0.2, 0.25) is 0 Å². The van der Waals surface area contributed by atoms with E-state index >= 15 is 0 Å². The number of esters is 2. The molecule has 6 unspecified atom stereocenters. The molecular formula is C24H45O13P. The quantitative estimate of drug-likeness (QED) is 0.0728. The first-order chi connectivity index (χ1) is 17.9. The summed E-state index contributed by atoms with van der Waals surface area (Å²) in [6.45, 7) is 2.91. The summed E-state index contributed by atoms with van der Waals surface area (Å²) in [4.78, 5) is 34.4. The fourth-order valence-electron chi connectivity index (χ4n) is 3.87. The van der Waals surface area contributed by atoms with E-state index in [4.69, 9.17) is 18.5 Å². The minimum absolute atomic E-state index is 0.0962. The van der Waals surface area contributed by atoms with Crippen LogP contribution in [0.5, 0.6) is 0 Å². The highest BCUT2D eigenvalue weighted by molar-refractivity contribution is 7.47. The van der Waals surface area contributed by atoms with E-state index in [2.05, 4.69) is 6.92 Å². The van der Waals surface area contributed by atoms with Crippen molar-refractivity contribution in [1.82, 2.24) is 0 Å². The molecule has 0 radical (unpaired) electrons. The molecule has 6 N–H and O–H groups in total. The van der Waals surface area contributed by atoms with Crippen LogP contribution in [0.15, 0.2) is 0 Å². The van der Waals surface area contributed by atoms with E-state index in [9.17, 15) is 44.6 Å². The van der Waals surface area contributed by atoms with Crippen LogP contribution < -0.4 is 0 Å². The minimum Gasteiger partial charge on any atom is -0.462 e. The zero-order valence-electron chi connectivity index (χ0n) is 22.2. The molecule has 1 aliphatic rings. The highest BCUT2D eigenvalue weighted by atomic mass is 31.2. The molecule has 1 rings (SSSR count). The molecule has 0 heterocycles. The lowest BCUT2D eigenvalue weighted by molar-refractivity contribution is -0.220. The number of phosphoric ester groups is 1. The van der Waals surface area contributed by atoms with Gasteiger partial charge in [0.15, 0.2) is 6.10 Å². The van der Waals surface area contributed by atoms with Gasteiger partial charge < -0.3 is 39.9 Å². The fourth-order valence-corrected chi connectivity index (χ4v) is 4.84. The molecule has 1 aliphatic carbocycles. The lowest BCUT2D eigenvalue weighted by Gasteiger charge is -2.41. The summed E-state index contributed by atoms with van der Waals surface area (Å²) in [6, 6.07) is 0. The lowest BCUT2D eigenvalue weighted by Crippen LogP contribution is -2.64. The average Bonchev–Trinajstić information content (AvgIpc) is 2.88. The number of unbranched alkanes of at least 4 members (excludes halogenated alkanes) is 7. The molecular weight excluding hydrogens is 527 g/mol. The van der Waals surface area contributed by atoms with Crippen molar-refractivity contribution < 1.29 is 63.1 Å². The van der Waals surface area contributed by atoms with Crippen LogP contribution in [0.1, 0.15) is 84.5 Å². The van der Waals surface area contributed by atoms with Gasteiger partial charge in [-0.1, -0.05) is 58.8 Å². The van der Waals surface area contributed by atoms with Gasteiger partial charge in [0.1, 0.15) is 43.2 Å². The Morgan fingerprint density at radius 2 is 1.18 bits per heavy atom.